The van der Waals surface area contributed by atoms with Crippen molar-refractivity contribution in [3.05, 3.63) is 94.3 Å². The summed E-state index contributed by atoms with van der Waals surface area (Å²) in [4.78, 5) is 12.7. The van der Waals surface area contributed by atoms with Crippen LogP contribution in [0.3, 0.4) is 0 Å². The molecule has 0 radical (unpaired) electrons. The van der Waals surface area contributed by atoms with Crippen LogP contribution in [0.5, 0.6) is 0 Å². The molecule has 6 nitrogen and oxygen atoms in total. The van der Waals surface area contributed by atoms with Crippen LogP contribution in [0.2, 0.25) is 5.02 Å². The number of hydrogen-bond donors (Lipinski definition) is 2. The van der Waals surface area contributed by atoms with Crippen LogP contribution in [0.15, 0.2) is 71.9 Å². The number of halogens is 1. The van der Waals surface area contributed by atoms with Gasteiger partial charge in [-0.3, -0.25) is 9.36 Å². The third-order valence-corrected chi connectivity index (χ3v) is 6.88. The number of hydrogen-bond acceptors (Lipinski definition) is 5. The normalized spacial score (nSPS) is 10.8. The molecule has 0 aliphatic rings. The molecule has 0 bridgehead atoms. The zero-order chi connectivity index (χ0) is 24.1. The summed E-state index contributed by atoms with van der Waals surface area (Å²) in [6.07, 6.45) is 0. The van der Waals surface area contributed by atoms with Gasteiger partial charge in [0.15, 0.2) is 11.0 Å². The maximum Gasteiger partial charge on any atom is 0.234 e. The summed E-state index contributed by atoms with van der Waals surface area (Å²) in [6.45, 7) is 6.46. The maximum atomic E-state index is 12.7. The van der Waals surface area contributed by atoms with E-state index in [1.165, 1.54) is 11.8 Å². The zero-order valence-electron chi connectivity index (χ0n) is 19.3. The van der Waals surface area contributed by atoms with Gasteiger partial charge in [-0.05, 0) is 67.8 Å². The molecule has 2 N–H and O–H groups in total. The highest BCUT2D eigenvalue weighted by Gasteiger charge is 2.16. The van der Waals surface area contributed by atoms with Gasteiger partial charge < -0.3 is 10.6 Å². The third kappa shape index (κ3) is 5.61. The number of anilines is 2. The number of carbonyl (C=O) groups is 1. The molecule has 3 aromatic carbocycles. The predicted octanol–water partition coefficient (Wildman–Crippen LogP) is 6.19. The van der Waals surface area contributed by atoms with Gasteiger partial charge in [0.25, 0.3) is 0 Å². The van der Waals surface area contributed by atoms with Crippen LogP contribution in [0, 0.1) is 20.8 Å². The molecule has 4 aromatic rings. The third-order valence-electron chi connectivity index (χ3n) is 5.55. The monoisotopic (exact) mass is 491 g/mol. The number of rotatable bonds is 8. The second-order valence-electron chi connectivity index (χ2n) is 7.97. The highest BCUT2D eigenvalue weighted by atomic mass is 35.5. The number of para-hydroxylation sites is 1. The van der Waals surface area contributed by atoms with Crippen LogP contribution in [0.4, 0.5) is 11.4 Å². The van der Waals surface area contributed by atoms with E-state index in [9.17, 15) is 4.79 Å². The molecule has 8 heteroatoms. The molecule has 0 unspecified atom stereocenters. The van der Waals surface area contributed by atoms with E-state index in [-0.39, 0.29) is 11.7 Å². The van der Waals surface area contributed by atoms with Gasteiger partial charge in [0.1, 0.15) is 0 Å². The lowest BCUT2D eigenvalue weighted by Crippen LogP contribution is -2.16. The number of aromatic nitrogens is 3. The summed E-state index contributed by atoms with van der Waals surface area (Å²) in [5, 5.41) is 16.5. The number of carbonyl (C=O) groups excluding carboxylic acids is 1. The average Bonchev–Trinajstić information content (AvgIpc) is 3.25. The van der Waals surface area contributed by atoms with Crippen LogP contribution in [-0.4, -0.2) is 26.4 Å². The van der Waals surface area contributed by atoms with Crippen LogP contribution >= 0.6 is 23.4 Å². The van der Waals surface area contributed by atoms with Crippen LogP contribution in [0.1, 0.15) is 22.5 Å². The Morgan fingerprint density at radius 3 is 2.53 bits per heavy atom. The van der Waals surface area contributed by atoms with E-state index in [2.05, 4.69) is 20.8 Å². The fraction of sp³-hybridized carbons (Fsp3) is 0.192. The summed E-state index contributed by atoms with van der Waals surface area (Å²) in [5.41, 5.74) is 5.90. The van der Waals surface area contributed by atoms with Gasteiger partial charge in [0, 0.05) is 22.1 Å². The molecule has 174 valence electrons. The van der Waals surface area contributed by atoms with Crippen molar-refractivity contribution in [2.45, 2.75) is 32.5 Å². The highest BCUT2D eigenvalue weighted by Crippen LogP contribution is 2.25. The van der Waals surface area contributed by atoms with Crippen LogP contribution in [-0.2, 0) is 11.3 Å². The maximum absolute atomic E-state index is 12.7. The molecule has 1 aromatic heterocycles. The smallest absolute Gasteiger partial charge is 0.234 e. The molecule has 0 fully saturated rings. The fourth-order valence-corrected chi connectivity index (χ4v) is 4.38. The first kappa shape index (κ1) is 23.9. The van der Waals surface area contributed by atoms with E-state index in [4.69, 9.17) is 11.6 Å². The number of benzene rings is 3. The number of nitrogens with one attached hydrogen (secondary N) is 2. The minimum absolute atomic E-state index is 0.0877. The molecule has 0 spiro atoms. The minimum Gasteiger partial charge on any atom is -0.378 e. The van der Waals surface area contributed by atoms with Crippen molar-refractivity contribution < 1.29 is 4.79 Å². The van der Waals surface area contributed by atoms with Crippen molar-refractivity contribution in [1.29, 1.82) is 0 Å². The summed E-state index contributed by atoms with van der Waals surface area (Å²) >= 11 is 7.61. The van der Waals surface area contributed by atoms with E-state index >= 15 is 0 Å². The van der Waals surface area contributed by atoms with Gasteiger partial charge in [-0.15, -0.1) is 10.2 Å². The Balaban J connectivity index is 1.50. The van der Waals surface area contributed by atoms with E-state index in [1.807, 2.05) is 92.1 Å². The summed E-state index contributed by atoms with van der Waals surface area (Å²) in [5.74, 6) is 0.870. The van der Waals surface area contributed by atoms with Crippen molar-refractivity contribution in [1.82, 2.24) is 14.8 Å². The number of thioether (sulfide) groups is 1. The summed E-state index contributed by atoms with van der Waals surface area (Å²) < 4.78 is 1.97. The molecular formula is C26H26ClN5OS. The van der Waals surface area contributed by atoms with E-state index in [0.29, 0.717) is 16.7 Å². The van der Waals surface area contributed by atoms with Crippen LogP contribution in [0.25, 0.3) is 5.69 Å². The van der Waals surface area contributed by atoms with E-state index in [1.54, 1.807) is 0 Å². The van der Waals surface area contributed by atoms with Gasteiger partial charge in [0.05, 0.1) is 12.3 Å². The number of amides is 1. The molecule has 0 aliphatic carbocycles. The van der Waals surface area contributed by atoms with Gasteiger partial charge in [0.2, 0.25) is 5.91 Å². The number of nitrogens with zero attached hydrogens (tertiary/aromatic N) is 3. The first-order chi connectivity index (χ1) is 16.4. The summed E-state index contributed by atoms with van der Waals surface area (Å²) in [6, 6.07) is 21.6. The lowest BCUT2D eigenvalue weighted by atomic mass is 10.1. The SMILES string of the molecule is Cc1ccc(NCc2nnc(SCC(=O)Nc3cccc(C)c3C)n2-c2ccccc2)cc1Cl. The number of aryl methyl sites for hydroxylation is 2. The van der Waals surface area contributed by atoms with Gasteiger partial charge >= 0.3 is 0 Å². The standard InChI is InChI=1S/C26H26ClN5OS/c1-17-8-7-11-23(19(17)3)29-25(33)16-34-26-31-30-24(32(26)21-9-5-4-6-10-21)15-28-20-13-12-18(2)22(27)14-20/h4-14,28H,15-16H2,1-3H3,(H,29,33). The molecule has 34 heavy (non-hydrogen) atoms. The van der Waals surface area contributed by atoms with Gasteiger partial charge in [-0.25, -0.2) is 0 Å². The Kier molecular flexibility index (Phi) is 7.55. The summed E-state index contributed by atoms with van der Waals surface area (Å²) in [7, 11) is 0. The van der Waals surface area contributed by atoms with Crippen molar-refractivity contribution >= 4 is 40.6 Å². The first-order valence-corrected chi connectivity index (χ1v) is 12.3. The Labute approximate surface area is 208 Å². The van der Waals surface area contributed by atoms with E-state index in [0.717, 1.165) is 39.6 Å². The Morgan fingerprint density at radius 1 is 0.971 bits per heavy atom. The second-order valence-corrected chi connectivity index (χ2v) is 9.32. The van der Waals surface area contributed by atoms with Gasteiger partial charge in [-0.1, -0.05) is 59.8 Å². The lowest BCUT2D eigenvalue weighted by Gasteiger charge is -2.12. The average molecular weight is 492 g/mol. The quantitative estimate of drug-likeness (QED) is 0.287. The molecule has 0 saturated carbocycles. The first-order valence-electron chi connectivity index (χ1n) is 10.9. The molecule has 0 atom stereocenters. The second kappa shape index (κ2) is 10.8. The Morgan fingerprint density at radius 2 is 1.76 bits per heavy atom. The highest BCUT2D eigenvalue weighted by molar-refractivity contribution is 7.99. The molecule has 4 rings (SSSR count). The van der Waals surface area contributed by atoms with Crippen molar-refractivity contribution in [3.63, 3.8) is 0 Å². The van der Waals surface area contributed by atoms with Gasteiger partial charge in [-0.2, -0.15) is 0 Å². The Bertz CT molecular complexity index is 1310. The molecular weight excluding hydrogens is 466 g/mol. The molecule has 0 aliphatic heterocycles. The van der Waals surface area contributed by atoms with Crippen molar-refractivity contribution in [2.75, 3.05) is 16.4 Å². The minimum atomic E-state index is -0.0877. The molecule has 0 saturated heterocycles. The zero-order valence-corrected chi connectivity index (χ0v) is 20.9. The van der Waals surface area contributed by atoms with Crippen LogP contribution < -0.4 is 10.6 Å². The lowest BCUT2D eigenvalue weighted by molar-refractivity contribution is -0.113. The van der Waals surface area contributed by atoms with Crippen molar-refractivity contribution in [2.24, 2.45) is 0 Å². The van der Waals surface area contributed by atoms with E-state index < -0.39 is 0 Å². The van der Waals surface area contributed by atoms with Crippen molar-refractivity contribution in [3.8, 4) is 5.69 Å². The molecule has 1 heterocycles. The molecule has 1 amide bonds. The fourth-order valence-electron chi connectivity index (χ4n) is 3.43. The Hall–Kier alpha value is -3.29. The topological polar surface area (TPSA) is 71.8 Å². The largest absolute Gasteiger partial charge is 0.378 e. The predicted molar refractivity (Wildman–Crippen MR) is 140 cm³/mol.